The number of halogens is 1. The third-order valence-electron chi connectivity index (χ3n) is 5.44. The minimum absolute atomic E-state index is 0.150. The second-order valence-electron chi connectivity index (χ2n) is 8.36. The number of aromatic amines is 1. The zero-order chi connectivity index (χ0) is 22.2. The van der Waals surface area contributed by atoms with E-state index in [1.807, 2.05) is 38.1 Å². The van der Waals surface area contributed by atoms with E-state index in [1.54, 1.807) is 22.9 Å². The molecule has 1 aromatic carbocycles. The number of H-pyrrole nitrogens is 1. The van der Waals surface area contributed by atoms with E-state index in [0.717, 1.165) is 20.6 Å². The third kappa shape index (κ3) is 4.37. The number of hydrogen-bond acceptors (Lipinski definition) is 4. The molecule has 2 N–H and O–H groups in total. The fraction of sp³-hybridized carbons (Fsp3) is 0.476. The smallest absolute Gasteiger partial charge is 0.407 e. The van der Waals surface area contributed by atoms with Gasteiger partial charge in [-0.25, -0.2) is 9.78 Å². The molecule has 3 rings (SSSR count). The van der Waals surface area contributed by atoms with E-state index < -0.39 is 12.1 Å². The number of benzene rings is 1. The van der Waals surface area contributed by atoms with Gasteiger partial charge in [0.1, 0.15) is 17.9 Å². The predicted molar refractivity (Wildman–Crippen MR) is 122 cm³/mol. The highest BCUT2D eigenvalue weighted by Crippen LogP contribution is 2.48. The molecule has 30 heavy (non-hydrogen) atoms. The van der Waals surface area contributed by atoms with Gasteiger partial charge < -0.3 is 15.0 Å². The number of aromatic nitrogens is 2. The minimum atomic E-state index is -1.11. The van der Waals surface area contributed by atoms with Crippen LogP contribution in [0.1, 0.15) is 39.6 Å². The van der Waals surface area contributed by atoms with Crippen molar-refractivity contribution >= 4 is 39.7 Å². The summed E-state index contributed by atoms with van der Waals surface area (Å²) in [6.07, 6.45) is 0.670. The first-order chi connectivity index (χ1) is 14.0. The Labute approximate surface area is 189 Å². The molecule has 1 aromatic heterocycles. The van der Waals surface area contributed by atoms with Gasteiger partial charge in [-0.05, 0) is 37.5 Å². The van der Waals surface area contributed by atoms with E-state index in [0.29, 0.717) is 11.7 Å². The van der Waals surface area contributed by atoms with Crippen LogP contribution in [0.2, 0.25) is 0 Å². The number of carbonyl (C=O) groups excluding carboxylic acids is 1. The van der Waals surface area contributed by atoms with Crippen molar-refractivity contribution in [3.05, 3.63) is 40.8 Å². The Morgan fingerprint density at radius 2 is 1.97 bits per heavy atom. The lowest BCUT2D eigenvalue weighted by Gasteiger charge is -2.35. The van der Waals surface area contributed by atoms with Gasteiger partial charge in [0, 0.05) is 16.3 Å². The molecular weight excluding hydrogens is 468 g/mol. The van der Waals surface area contributed by atoms with Crippen LogP contribution in [0.4, 0.5) is 4.79 Å². The van der Waals surface area contributed by atoms with Gasteiger partial charge in [-0.2, -0.15) is 0 Å². The lowest BCUT2D eigenvalue weighted by molar-refractivity contribution is -0.139. The van der Waals surface area contributed by atoms with E-state index in [9.17, 15) is 14.7 Å². The molecule has 0 aliphatic carbocycles. The normalized spacial score (nSPS) is 19.2. The summed E-state index contributed by atoms with van der Waals surface area (Å²) in [6.45, 7) is 7.90. The first kappa shape index (κ1) is 22.7. The molecule has 162 valence electrons. The molecule has 2 aromatic rings. The molecule has 0 bridgehead atoms. The SMILES string of the molecule is CC(C)C(C(=O)N1CSC(C)(C)C1c1ncc(-c2ccc(Br)cc2)[nH]1)N(C)C(=O)O. The Bertz CT molecular complexity index is 929. The average molecular weight is 495 g/mol. The van der Waals surface area contributed by atoms with Crippen LogP contribution in [0.25, 0.3) is 11.3 Å². The fourth-order valence-corrected chi connectivity index (χ4v) is 5.28. The molecule has 1 aliphatic heterocycles. The molecule has 0 radical (unpaired) electrons. The molecule has 2 atom stereocenters. The van der Waals surface area contributed by atoms with Crippen LogP contribution >= 0.6 is 27.7 Å². The van der Waals surface area contributed by atoms with Crippen LogP contribution in [-0.2, 0) is 4.79 Å². The predicted octanol–water partition coefficient (Wildman–Crippen LogP) is 4.83. The number of nitrogens with zero attached hydrogens (tertiary/aromatic N) is 3. The van der Waals surface area contributed by atoms with Crippen molar-refractivity contribution in [3.63, 3.8) is 0 Å². The summed E-state index contributed by atoms with van der Waals surface area (Å²) >= 11 is 5.11. The maximum absolute atomic E-state index is 13.5. The standard InChI is InChI=1S/C21H27BrN4O3S/c1-12(2)16(25(5)20(28)29)19(27)26-11-30-21(3,4)17(26)18-23-10-15(24-18)13-6-8-14(22)9-7-13/h6-10,12,16-17H,11H2,1-5H3,(H,23,24)(H,28,29). The van der Waals surface area contributed by atoms with Gasteiger partial charge in [-0.3, -0.25) is 9.69 Å². The van der Waals surface area contributed by atoms with Gasteiger partial charge in [0.25, 0.3) is 0 Å². The number of thioether (sulfide) groups is 1. The zero-order valence-corrected chi connectivity index (χ0v) is 20.1. The number of carboxylic acid groups (broad SMARTS) is 1. The maximum atomic E-state index is 13.5. The Morgan fingerprint density at radius 3 is 2.53 bits per heavy atom. The molecule has 2 heterocycles. The van der Waals surface area contributed by atoms with Gasteiger partial charge in [0.05, 0.1) is 17.8 Å². The fourth-order valence-electron chi connectivity index (χ4n) is 3.87. The Hall–Kier alpha value is -2.00. The second kappa shape index (κ2) is 8.63. The Balaban J connectivity index is 1.94. The highest BCUT2D eigenvalue weighted by Gasteiger charge is 2.48. The van der Waals surface area contributed by atoms with E-state index >= 15 is 0 Å². The van der Waals surface area contributed by atoms with Crippen molar-refractivity contribution in [1.29, 1.82) is 0 Å². The van der Waals surface area contributed by atoms with Crippen LogP contribution in [-0.4, -0.2) is 60.6 Å². The molecule has 9 heteroatoms. The zero-order valence-electron chi connectivity index (χ0n) is 17.7. The summed E-state index contributed by atoms with van der Waals surface area (Å²) in [6, 6.07) is 6.89. The largest absolute Gasteiger partial charge is 0.465 e. The summed E-state index contributed by atoms with van der Waals surface area (Å²) in [5, 5.41) is 9.46. The molecule has 7 nitrogen and oxygen atoms in total. The van der Waals surface area contributed by atoms with E-state index in [2.05, 4.69) is 39.7 Å². The topological polar surface area (TPSA) is 89.5 Å². The molecule has 0 saturated carbocycles. The average Bonchev–Trinajstić information content (AvgIpc) is 3.25. The van der Waals surface area contributed by atoms with Gasteiger partial charge in [-0.15, -0.1) is 11.8 Å². The number of rotatable bonds is 5. The van der Waals surface area contributed by atoms with Crippen molar-refractivity contribution in [1.82, 2.24) is 19.8 Å². The van der Waals surface area contributed by atoms with Crippen molar-refractivity contribution in [2.24, 2.45) is 5.92 Å². The summed E-state index contributed by atoms with van der Waals surface area (Å²) in [4.78, 5) is 35.9. The molecule has 1 aliphatic rings. The number of amides is 2. The summed E-state index contributed by atoms with van der Waals surface area (Å²) in [5.74, 6) is 0.848. The van der Waals surface area contributed by atoms with Gasteiger partial charge >= 0.3 is 6.09 Å². The van der Waals surface area contributed by atoms with Crippen molar-refractivity contribution in [2.75, 3.05) is 12.9 Å². The minimum Gasteiger partial charge on any atom is -0.465 e. The highest BCUT2D eigenvalue weighted by atomic mass is 79.9. The van der Waals surface area contributed by atoms with E-state index in [-0.39, 0.29) is 22.6 Å². The number of nitrogens with one attached hydrogen (secondary N) is 1. The first-order valence-corrected chi connectivity index (χ1v) is 11.5. The number of hydrogen-bond donors (Lipinski definition) is 2. The first-order valence-electron chi connectivity index (χ1n) is 9.74. The molecule has 2 amide bonds. The lowest BCUT2D eigenvalue weighted by atomic mass is 9.97. The molecule has 1 saturated heterocycles. The Morgan fingerprint density at radius 1 is 1.33 bits per heavy atom. The second-order valence-corrected chi connectivity index (χ2v) is 10.9. The van der Waals surface area contributed by atoms with Crippen LogP contribution < -0.4 is 0 Å². The Kier molecular flexibility index (Phi) is 6.52. The van der Waals surface area contributed by atoms with Crippen molar-refractivity contribution in [3.8, 4) is 11.3 Å². The number of likely N-dealkylation sites (N-methyl/N-ethyl adjacent to an activating group) is 1. The quantitative estimate of drug-likeness (QED) is 0.621. The summed E-state index contributed by atoms with van der Waals surface area (Å²) in [7, 11) is 1.45. The van der Waals surface area contributed by atoms with Gasteiger partial charge in [-0.1, -0.05) is 41.9 Å². The van der Waals surface area contributed by atoms with Crippen molar-refractivity contribution in [2.45, 2.75) is 44.5 Å². The van der Waals surface area contributed by atoms with E-state index in [4.69, 9.17) is 0 Å². The maximum Gasteiger partial charge on any atom is 0.407 e. The monoisotopic (exact) mass is 494 g/mol. The number of imidazole rings is 1. The summed E-state index contributed by atoms with van der Waals surface area (Å²) < 4.78 is 0.728. The highest BCUT2D eigenvalue weighted by molar-refractivity contribution is 9.10. The van der Waals surface area contributed by atoms with Crippen molar-refractivity contribution < 1.29 is 14.7 Å². The molecule has 1 fully saturated rings. The molecular formula is C21H27BrN4O3S. The number of carbonyl (C=O) groups is 2. The van der Waals surface area contributed by atoms with Crippen LogP contribution in [0.5, 0.6) is 0 Å². The van der Waals surface area contributed by atoms with Gasteiger partial charge in [0.2, 0.25) is 5.91 Å². The van der Waals surface area contributed by atoms with Crippen LogP contribution in [0, 0.1) is 5.92 Å². The van der Waals surface area contributed by atoms with E-state index in [1.165, 1.54) is 7.05 Å². The summed E-state index contributed by atoms with van der Waals surface area (Å²) in [5.41, 5.74) is 1.88. The van der Waals surface area contributed by atoms with Crippen LogP contribution in [0.3, 0.4) is 0 Å². The van der Waals surface area contributed by atoms with Crippen LogP contribution in [0.15, 0.2) is 34.9 Å². The molecule has 2 unspecified atom stereocenters. The molecule has 0 spiro atoms. The lowest BCUT2D eigenvalue weighted by Crippen LogP contribution is -2.52. The third-order valence-corrected chi connectivity index (χ3v) is 7.35. The van der Waals surface area contributed by atoms with Gasteiger partial charge in [0.15, 0.2) is 0 Å².